The van der Waals surface area contributed by atoms with Gasteiger partial charge >= 0.3 is 6.18 Å². The molecule has 1 rings (SSSR count). The molecule has 8 heteroatoms. The summed E-state index contributed by atoms with van der Waals surface area (Å²) in [5.74, 6) is -0.536. The number of ether oxygens (including phenoxy) is 1. The van der Waals surface area contributed by atoms with Gasteiger partial charge in [0.05, 0.1) is 6.20 Å². The van der Waals surface area contributed by atoms with E-state index in [1.807, 2.05) is 0 Å². The predicted octanol–water partition coefficient (Wildman–Crippen LogP) is 0.640. The molecule has 0 unspecified atom stereocenters. The zero-order valence-electron chi connectivity index (χ0n) is 10.0. The Kier molecular flexibility index (Phi) is 5.56. The third-order valence-electron chi connectivity index (χ3n) is 2.05. The number of hydrogen-bond acceptors (Lipinski definition) is 4. The first-order valence-electron chi connectivity index (χ1n) is 5.52. The van der Waals surface area contributed by atoms with Crippen LogP contribution in [0.1, 0.15) is 5.69 Å². The Hall–Kier alpha value is -1.83. The number of nitrogens with zero attached hydrogens (tertiary/aromatic N) is 1. The summed E-state index contributed by atoms with van der Waals surface area (Å²) in [6.45, 7) is -1.40. The summed E-state index contributed by atoms with van der Waals surface area (Å²) in [5, 5.41) is 1.70. The number of carbonyl (C=O) groups is 1. The van der Waals surface area contributed by atoms with E-state index >= 15 is 0 Å². The van der Waals surface area contributed by atoms with E-state index in [0.29, 0.717) is 18.7 Å². The molecule has 0 aliphatic heterocycles. The summed E-state index contributed by atoms with van der Waals surface area (Å²) in [7, 11) is 0. The van der Waals surface area contributed by atoms with Crippen LogP contribution in [0, 0.1) is 0 Å². The third-order valence-corrected chi connectivity index (χ3v) is 2.05. The van der Waals surface area contributed by atoms with E-state index < -0.39 is 25.2 Å². The van der Waals surface area contributed by atoms with Crippen molar-refractivity contribution in [3.63, 3.8) is 0 Å². The van der Waals surface area contributed by atoms with E-state index in [1.54, 1.807) is 17.4 Å². The van der Waals surface area contributed by atoms with Gasteiger partial charge in [-0.3, -0.25) is 9.78 Å². The molecule has 0 aromatic carbocycles. The van der Waals surface area contributed by atoms with Crippen molar-refractivity contribution in [3.8, 4) is 5.75 Å². The molecule has 3 N–H and O–H groups in total. The van der Waals surface area contributed by atoms with Crippen molar-refractivity contribution in [3.05, 3.63) is 24.0 Å². The standard InChI is InChI=1S/C11H14F3N3O2/c12-11(13,14)7-17-10(18)6-19-9-2-1-8(3-4-15)16-5-9/h1-2,5H,3-4,6-7,15H2,(H,17,18). The van der Waals surface area contributed by atoms with Crippen molar-refractivity contribution in [2.24, 2.45) is 5.73 Å². The minimum Gasteiger partial charge on any atom is -0.482 e. The molecule has 0 aliphatic carbocycles. The Morgan fingerprint density at radius 2 is 2.16 bits per heavy atom. The first kappa shape index (κ1) is 15.2. The molecule has 1 aromatic rings. The first-order valence-corrected chi connectivity index (χ1v) is 5.52. The molecule has 19 heavy (non-hydrogen) atoms. The summed E-state index contributed by atoms with van der Waals surface area (Å²) < 4.78 is 40.5. The fourth-order valence-corrected chi connectivity index (χ4v) is 1.19. The van der Waals surface area contributed by atoms with Gasteiger partial charge in [0.25, 0.3) is 5.91 Å². The highest BCUT2D eigenvalue weighted by molar-refractivity contribution is 5.77. The van der Waals surface area contributed by atoms with Gasteiger partial charge < -0.3 is 15.8 Å². The summed E-state index contributed by atoms with van der Waals surface area (Å²) in [6.07, 6.45) is -2.42. The number of nitrogens with two attached hydrogens (primary N) is 1. The van der Waals surface area contributed by atoms with Gasteiger partial charge in [-0.1, -0.05) is 0 Å². The predicted molar refractivity (Wildman–Crippen MR) is 61.6 cm³/mol. The summed E-state index contributed by atoms with van der Waals surface area (Å²) >= 11 is 0. The lowest BCUT2D eigenvalue weighted by molar-refractivity contribution is -0.139. The molecular weight excluding hydrogens is 263 g/mol. The Morgan fingerprint density at radius 3 is 2.68 bits per heavy atom. The van der Waals surface area contributed by atoms with Gasteiger partial charge in [0.1, 0.15) is 12.3 Å². The Labute approximate surface area is 108 Å². The zero-order chi connectivity index (χ0) is 14.3. The van der Waals surface area contributed by atoms with Gasteiger partial charge in [0, 0.05) is 12.1 Å². The number of amides is 1. The van der Waals surface area contributed by atoms with Gasteiger partial charge in [-0.25, -0.2) is 0 Å². The second kappa shape index (κ2) is 6.93. The van der Waals surface area contributed by atoms with Crippen LogP contribution in [-0.2, 0) is 11.2 Å². The van der Waals surface area contributed by atoms with E-state index in [0.717, 1.165) is 5.69 Å². The molecule has 0 radical (unpaired) electrons. The van der Waals surface area contributed by atoms with Crippen LogP contribution in [0.4, 0.5) is 13.2 Å². The molecule has 106 valence electrons. The molecule has 0 fully saturated rings. The molecule has 0 atom stereocenters. The monoisotopic (exact) mass is 277 g/mol. The quantitative estimate of drug-likeness (QED) is 0.800. The summed E-state index contributed by atoms with van der Waals surface area (Å²) in [5.41, 5.74) is 6.12. The van der Waals surface area contributed by atoms with Crippen LogP contribution in [0.15, 0.2) is 18.3 Å². The molecule has 0 aliphatic rings. The first-order chi connectivity index (χ1) is 8.90. The van der Waals surface area contributed by atoms with Crippen molar-refractivity contribution in [2.45, 2.75) is 12.6 Å². The molecule has 1 amide bonds. The second-order valence-corrected chi connectivity index (χ2v) is 3.70. The van der Waals surface area contributed by atoms with Crippen LogP contribution in [-0.4, -0.2) is 36.8 Å². The number of carbonyl (C=O) groups excluding carboxylic acids is 1. The number of aromatic nitrogens is 1. The largest absolute Gasteiger partial charge is 0.482 e. The lowest BCUT2D eigenvalue weighted by atomic mass is 10.3. The molecule has 1 aromatic heterocycles. The number of pyridine rings is 1. The smallest absolute Gasteiger partial charge is 0.405 e. The lowest BCUT2D eigenvalue weighted by Crippen LogP contribution is -2.36. The van der Waals surface area contributed by atoms with E-state index in [2.05, 4.69) is 4.98 Å². The third kappa shape index (κ3) is 6.61. The van der Waals surface area contributed by atoms with Gasteiger partial charge in [0.15, 0.2) is 6.61 Å². The van der Waals surface area contributed by atoms with E-state index in [1.165, 1.54) is 6.20 Å². The molecule has 1 heterocycles. The Bertz CT molecular complexity index is 407. The highest BCUT2D eigenvalue weighted by Gasteiger charge is 2.27. The lowest BCUT2D eigenvalue weighted by Gasteiger charge is -2.09. The second-order valence-electron chi connectivity index (χ2n) is 3.70. The number of alkyl halides is 3. The average molecular weight is 277 g/mol. The highest BCUT2D eigenvalue weighted by Crippen LogP contribution is 2.12. The number of rotatable bonds is 6. The van der Waals surface area contributed by atoms with Gasteiger partial charge in [-0.2, -0.15) is 13.2 Å². The van der Waals surface area contributed by atoms with Crippen LogP contribution in [0.2, 0.25) is 0 Å². The molecule has 0 bridgehead atoms. The molecule has 5 nitrogen and oxygen atoms in total. The Balaban J connectivity index is 2.33. The minimum absolute atomic E-state index is 0.308. The van der Waals surface area contributed by atoms with Crippen molar-refractivity contribution in [1.82, 2.24) is 10.3 Å². The van der Waals surface area contributed by atoms with Gasteiger partial charge in [-0.05, 0) is 18.7 Å². The summed E-state index contributed by atoms with van der Waals surface area (Å²) in [6, 6.07) is 3.25. The maximum atomic E-state index is 11.8. The molecule has 0 spiro atoms. The van der Waals surface area contributed by atoms with E-state index in [4.69, 9.17) is 10.5 Å². The highest BCUT2D eigenvalue weighted by atomic mass is 19.4. The number of halogens is 3. The SMILES string of the molecule is NCCc1ccc(OCC(=O)NCC(F)(F)F)cn1. The number of nitrogens with one attached hydrogen (secondary N) is 1. The van der Waals surface area contributed by atoms with Gasteiger partial charge in [0.2, 0.25) is 0 Å². The van der Waals surface area contributed by atoms with E-state index in [-0.39, 0.29) is 0 Å². The fourth-order valence-electron chi connectivity index (χ4n) is 1.19. The van der Waals surface area contributed by atoms with Gasteiger partial charge in [-0.15, -0.1) is 0 Å². The van der Waals surface area contributed by atoms with Crippen molar-refractivity contribution >= 4 is 5.91 Å². The average Bonchev–Trinajstić information content (AvgIpc) is 2.35. The van der Waals surface area contributed by atoms with Crippen LogP contribution >= 0.6 is 0 Å². The normalized spacial score (nSPS) is 11.2. The van der Waals surface area contributed by atoms with Crippen molar-refractivity contribution < 1.29 is 22.7 Å². The molecule has 0 saturated carbocycles. The van der Waals surface area contributed by atoms with Crippen molar-refractivity contribution in [2.75, 3.05) is 19.7 Å². The minimum atomic E-state index is -4.43. The fraction of sp³-hybridized carbons (Fsp3) is 0.455. The summed E-state index contributed by atoms with van der Waals surface area (Å²) in [4.78, 5) is 15.1. The zero-order valence-corrected chi connectivity index (χ0v) is 10.0. The maximum absolute atomic E-state index is 11.8. The molecule has 0 saturated heterocycles. The van der Waals surface area contributed by atoms with E-state index in [9.17, 15) is 18.0 Å². The maximum Gasteiger partial charge on any atom is 0.405 e. The van der Waals surface area contributed by atoms with Crippen LogP contribution < -0.4 is 15.8 Å². The number of hydrogen-bond donors (Lipinski definition) is 2. The Morgan fingerprint density at radius 1 is 1.42 bits per heavy atom. The van der Waals surface area contributed by atoms with Crippen molar-refractivity contribution in [1.29, 1.82) is 0 Å². The van der Waals surface area contributed by atoms with Crippen LogP contribution in [0.5, 0.6) is 5.75 Å². The van der Waals surface area contributed by atoms with Crippen LogP contribution in [0.3, 0.4) is 0 Å². The molecular formula is C11H14F3N3O2. The topological polar surface area (TPSA) is 77.2 Å². The van der Waals surface area contributed by atoms with Crippen LogP contribution in [0.25, 0.3) is 0 Å².